The Labute approximate surface area is 296 Å². The zero-order valence-corrected chi connectivity index (χ0v) is 27.6. The van der Waals surface area contributed by atoms with Crippen LogP contribution in [0.3, 0.4) is 0 Å². The van der Waals surface area contributed by atoms with Crippen LogP contribution in [0.25, 0.3) is 49.7 Å². The van der Waals surface area contributed by atoms with Crippen LogP contribution < -0.4 is 4.90 Å². The number of anilines is 2. The van der Waals surface area contributed by atoms with E-state index in [4.69, 9.17) is 0 Å². The van der Waals surface area contributed by atoms with Crippen LogP contribution >= 0.6 is 0 Å². The summed E-state index contributed by atoms with van der Waals surface area (Å²) in [6, 6.07) is 52.6. The molecule has 0 fully saturated rings. The van der Waals surface area contributed by atoms with E-state index in [9.17, 15) is 15.8 Å². The smallest absolute Gasteiger partial charge is 0.0998 e. The number of hydrogen-bond acceptors (Lipinski definition) is 4. The number of nitrogens with zero attached hydrogens (tertiary/aromatic N) is 5. The van der Waals surface area contributed by atoms with Gasteiger partial charge in [-0.05, 0) is 95.8 Å². The fraction of sp³-hybridized carbons (Fsp3) is 0.0652. The second-order valence-corrected chi connectivity index (χ2v) is 13.1. The number of benzene rings is 6. The Balaban J connectivity index is 1.20. The van der Waals surface area contributed by atoms with Gasteiger partial charge in [-0.3, -0.25) is 0 Å². The topological polar surface area (TPSA) is 79.5 Å². The van der Waals surface area contributed by atoms with E-state index in [-0.39, 0.29) is 5.92 Å². The summed E-state index contributed by atoms with van der Waals surface area (Å²) in [4.78, 5) is 2.35. The number of nitriles is 3. The fourth-order valence-corrected chi connectivity index (χ4v) is 7.84. The Morgan fingerprint density at radius 3 is 2.22 bits per heavy atom. The summed E-state index contributed by atoms with van der Waals surface area (Å²) in [5.74, 6) is -0.121. The molecule has 0 N–H and O–H groups in total. The summed E-state index contributed by atoms with van der Waals surface area (Å²) in [5, 5.41) is 32.0. The first-order valence-electron chi connectivity index (χ1n) is 17.0. The molecule has 1 atom stereocenters. The molecule has 0 saturated carbocycles. The average Bonchev–Trinajstić information content (AvgIpc) is 3.53. The minimum absolute atomic E-state index is 0.121. The van der Waals surface area contributed by atoms with Gasteiger partial charge >= 0.3 is 0 Å². The van der Waals surface area contributed by atoms with E-state index in [1.165, 1.54) is 11.1 Å². The normalized spacial score (nSPS) is 14.8. The summed E-state index contributed by atoms with van der Waals surface area (Å²) in [6.45, 7) is 0. The molecule has 2 aliphatic rings. The highest BCUT2D eigenvalue weighted by atomic mass is 15.2. The van der Waals surface area contributed by atoms with Crippen molar-refractivity contribution < 1.29 is 0 Å². The SMILES string of the molecule is N#Cc1ccc2c3ccccc3n(-c3ccc(C#N)c(-c4cccc(-c5ccccc5N5C6=C(Cc7ccccc75)CC(C#N)C=C6)c4)c3)c2c1. The molecule has 1 aliphatic heterocycles. The molecule has 0 saturated heterocycles. The van der Waals surface area contributed by atoms with Crippen molar-refractivity contribution in [1.29, 1.82) is 15.8 Å². The average molecular weight is 652 g/mol. The molecular formula is C46H29N5. The van der Waals surface area contributed by atoms with Crippen molar-refractivity contribution >= 4 is 33.2 Å². The molecule has 9 rings (SSSR count). The Morgan fingerprint density at radius 1 is 0.608 bits per heavy atom. The molecule has 0 radical (unpaired) electrons. The highest BCUT2D eigenvalue weighted by Gasteiger charge is 2.30. The maximum absolute atomic E-state index is 10.3. The molecule has 1 unspecified atom stereocenters. The predicted molar refractivity (Wildman–Crippen MR) is 203 cm³/mol. The zero-order valence-electron chi connectivity index (χ0n) is 27.6. The number of hydrogen-bond donors (Lipinski definition) is 0. The highest BCUT2D eigenvalue weighted by molar-refractivity contribution is 6.09. The van der Waals surface area contributed by atoms with Crippen LogP contribution in [0.15, 0.2) is 157 Å². The summed E-state index contributed by atoms with van der Waals surface area (Å²) in [7, 11) is 0. The summed E-state index contributed by atoms with van der Waals surface area (Å²) >= 11 is 0. The van der Waals surface area contributed by atoms with Gasteiger partial charge in [-0.15, -0.1) is 0 Å². The van der Waals surface area contributed by atoms with Crippen LogP contribution in [0.4, 0.5) is 11.4 Å². The number of para-hydroxylation sites is 3. The molecule has 5 heteroatoms. The van der Waals surface area contributed by atoms with Crippen LogP contribution in [0.1, 0.15) is 23.1 Å². The maximum atomic E-state index is 10.3. The minimum Gasteiger partial charge on any atom is -0.310 e. The van der Waals surface area contributed by atoms with Crippen LogP contribution in [-0.4, -0.2) is 4.57 Å². The lowest BCUT2D eigenvalue weighted by Crippen LogP contribution is -2.26. The van der Waals surface area contributed by atoms with E-state index in [0.29, 0.717) is 11.1 Å². The molecule has 2 heterocycles. The molecule has 1 aromatic heterocycles. The first-order chi connectivity index (χ1) is 25.1. The zero-order chi connectivity index (χ0) is 34.5. The number of fused-ring (bicyclic) bond motifs is 4. The van der Waals surface area contributed by atoms with Crippen molar-refractivity contribution in [3.05, 3.63) is 174 Å². The van der Waals surface area contributed by atoms with E-state index in [2.05, 4.69) is 125 Å². The molecule has 0 spiro atoms. The van der Waals surface area contributed by atoms with Gasteiger partial charge < -0.3 is 9.47 Å². The number of rotatable bonds is 4. The first kappa shape index (κ1) is 30.0. The Kier molecular flexibility index (Phi) is 7.10. The third-order valence-corrected chi connectivity index (χ3v) is 10.2. The standard InChI is InChI=1S/C46H29N5/c47-27-30-17-21-43-36(22-30)25-34-8-1-4-13-42(34)51(43)44-14-5-2-11-38(44)32-9-7-10-33(24-32)41-26-37(19-18-35(41)29-49)50-45-15-6-3-12-39(45)40-20-16-31(28-48)23-46(40)50/h1-21,23-24,26,30H,22,25H2. The van der Waals surface area contributed by atoms with Crippen molar-refractivity contribution in [2.45, 2.75) is 12.8 Å². The molecule has 0 bridgehead atoms. The van der Waals surface area contributed by atoms with Gasteiger partial charge in [0.2, 0.25) is 0 Å². The molecular weight excluding hydrogens is 623 g/mol. The van der Waals surface area contributed by atoms with Crippen molar-refractivity contribution in [3.63, 3.8) is 0 Å². The minimum atomic E-state index is -0.121. The van der Waals surface area contributed by atoms with E-state index >= 15 is 0 Å². The van der Waals surface area contributed by atoms with Crippen molar-refractivity contribution in [2.75, 3.05) is 4.90 Å². The van der Waals surface area contributed by atoms with E-state index in [1.807, 2.05) is 48.5 Å². The molecule has 5 nitrogen and oxygen atoms in total. The van der Waals surface area contributed by atoms with Crippen molar-refractivity contribution in [3.8, 4) is 46.1 Å². The van der Waals surface area contributed by atoms with E-state index in [0.717, 1.165) is 79.7 Å². The van der Waals surface area contributed by atoms with Crippen LogP contribution in [0.2, 0.25) is 0 Å². The summed E-state index contributed by atoms with van der Waals surface area (Å²) < 4.78 is 2.18. The van der Waals surface area contributed by atoms with Crippen LogP contribution in [0, 0.1) is 39.9 Å². The molecule has 0 amide bonds. The van der Waals surface area contributed by atoms with Gasteiger partial charge in [-0.25, -0.2) is 0 Å². The third-order valence-electron chi connectivity index (χ3n) is 10.2. The lowest BCUT2D eigenvalue weighted by molar-refractivity contribution is 0.749. The maximum Gasteiger partial charge on any atom is 0.0998 e. The molecule has 51 heavy (non-hydrogen) atoms. The lowest BCUT2D eigenvalue weighted by Gasteiger charge is -2.37. The van der Waals surface area contributed by atoms with Crippen LogP contribution in [0.5, 0.6) is 0 Å². The van der Waals surface area contributed by atoms with Gasteiger partial charge in [-0.2, -0.15) is 15.8 Å². The van der Waals surface area contributed by atoms with Gasteiger partial charge in [0.15, 0.2) is 0 Å². The quantitative estimate of drug-likeness (QED) is 0.190. The molecule has 1 aliphatic carbocycles. The predicted octanol–water partition coefficient (Wildman–Crippen LogP) is 10.9. The summed E-state index contributed by atoms with van der Waals surface area (Å²) in [6.07, 6.45) is 5.70. The van der Waals surface area contributed by atoms with Crippen molar-refractivity contribution in [2.24, 2.45) is 5.92 Å². The molecule has 6 aromatic carbocycles. The summed E-state index contributed by atoms with van der Waals surface area (Å²) in [5.41, 5.74) is 13.8. The Morgan fingerprint density at radius 2 is 1.37 bits per heavy atom. The lowest BCUT2D eigenvalue weighted by atomic mass is 9.85. The van der Waals surface area contributed by atoms with Gasteiger partial charge in [0, 0.05) is 39.0 Å². The van der Waals surface area contributed by atoms with E-state index in [1.54, 1.807) is 0 Å². The van der Waals surface area contributed by atoms with E-state index < -0.39 is 0 Å². The Bertz CT molecular complexity index is 2760. The Hall–Kier alpha value is -7.13. The van der Waals surface area contributed by atoms with Gasteiger partial charge in [0.05, 0.1) is 52.0 Å². The molecule has 238 valence electrons. The van der Waals surface area contributed by atoms with Crippen LogP contribution in [-0.2, 0) is 6.42 Å². The number of allylic oxidation sites excluding steroid dienone is 3. The largest absolute Gasteiger partial charge is 0.310 e. The first-order valence-corrected chi connectivity index (χ1v) is 17.0. The van der Waals surface area contributed by atoms with Gasteiger partial charge in [0.1, 0.15) is 0 Å². The van der Waals surface area contributed by atoms with Crippen molar-refractivity contribution in [1.82, 2.24) is 4.57 Å². The van der Waals surface area contributed by atoms with Gasteiger partial charge in [-0.1, -0.05) is 84.9 Å². The monoisotopic (exact) mass is 651 g/mol. The second kappa shape index (κ2) is 12.1. The molecule has 7 aromatic rings. The van der Waals surface area contributed by atoms with Gasteiger partial charge in [0.25, 0.3) is 0 Å². The second-order valence-electron chi connectivity index (χ2n) is 13.1. The number of aromatic nitrogens is 1. The highest BCUT2D eigenvalue weighted by Crippen LogP contribution is 2.46. The fourth-order valence-electron chi connectivity index (χ4n) is 7.84. The third kappa shape index (κ3) is 4.90.